The van der Waals surface area contributed by atoms with E-state index in [2.05, 4.69) is 40.9 Å². The molecule has 5 nitrogen and oxygen atoms in total. The topological polar surface area (TPSA) is 59.6 Å². The minimum Gasteiger partial charge on any atom is -0.463 e. The highest BCUT2D eigenvalue weighted by molar-refractivity contribution is 8.00. The maximum atomic E-state index is 11.0. The molecule has 0 amide bonds. The van der Waals surface area contributed by atoms with Crippen molar-refractivity contribution in [2.24, 2.45) is 11.8 Å². The van der Waals surface area contributed by atoms with Crippen LogP contribution < -0.4 is 10.6 Å². The molecule has 6 heteroatoms. The van der Waals surface area contributed by atoms with Gasteiger partial charge in [0.25, 0.3) is 0 Å². The molecule has 3 fully saturated rings. The smallest absolute Gasteiger partial charge is 0.330 e. The molecule has 3 rings (SSSR count). The largest absolute Gasteiger partial charge is 0.463 e. The van der Waals surface area contributed by atoms with Crippen LogP contribution in [0.15, 0.2) is 12.7 Å². The van der Waals surface area contributed by atoms with E-state index in [9.17, 15) is 4.79 Å². The SMILES string of the molecule is C=CC(=O)OCCCCCOC1CCC(C#CC2CCC(C#CC3NCCS3)NC2)CC1. The van der Waals surface area contributed by atoms with Crippen LogP contribution in [0.25, 0.3) is 0 Å². The molecule has 0 aromatic carbocycles. The lowest BCUT2D eigenvalue weighted by Crippen LogP contribution is -2.37. The predicted molar refractivity (Wildman–Crippen MR) is 131 cm³/mol. The number of nitrogens with one attached hydrogen (secondary N) is 2. The normalized spacial score (nSPS) is 29.8. The van der Waals surface area contributed by atoms with Gasteiger partial charge < -0.3 is 14.8 Å². The van der Waals surface area contributed by atoms with E-state index in [1.165, 1.54) is 11.8 Å². The summed E-state index contributed by atoms with van der Waals surface area (Å²) < 4.78 is 11.0. The van der Waals surface area contributed by atoms with Crippen molar-refractivity contribution >= 4 is 17.7 Å². The van der Waals surface area contributed by atoms with Crippen molar-refractivity contribution in [3.63, 3.8) is 0 Å². The Morgan fingerprint density at radius 1 is 0.938 bits per heavy atom. The lowest BCUT2D eigenvalue weighted by Gasteiger charge is -2.26. The van der Waals surface area contributed by atoms with Gasteiger partial charge in [0.1, 0.15) is 5.37 Å². The van der Waals surface area contributed by atoms with Crippen molar-refractivity contribution in [1.82, 2.24) is 10.6 Å². The zero-order valence-corrected chi connectivity index (χ0v) is 20.0. The van der Waals surface area contributed by atoms with Crippen LogP contribution in [0.4, 0.5) is 0 Å². The Labute approximate surface area is 198 Å². The first kappa shape index (κ1) is 25.2. The molecule has 0 spiro atoms. The van der Waals surface area contributed by atoms with Crippen molar-refractivity contribution in [2.75, 3.05) is 32.1 Å². The summed E-state index contributed by atoms with van der Waals surface area (Å²) in [6, 6.07) is 0.325. The van der Waals surface area contributed by atoms with Crippen LogP contribution in [0.5, 0.6) is 0 Å². The van der Waals surface area contributed by atoms with Crippen LogP contribution in [-0.4, -0.2) is 55.5 Å². The number of unbranched alkanes of at least 4 members (excludes halogenated alkanes) is 2. The summed E-state index contributed by atoms with van der Waals surface area (Å²) in [6.07, 6.45) is 11.3. The molecule has 2 saturated heterocycles. The third-order valence-corrected chi connectivity index (χ3v) is 7.30. The Kier molecular flexibility index (Phi) is 11.5. The second-order valence-corrected chi connectivity index (χ2v) is 10.0. The van der Waals surface area contributed by atoms with Crippen molar-refractivity contribution < 1.29 is 14.3 Å². The molecule has 32 heavy (non-hydrogen) atoms. The van der Waals surface area contributed by atoms with Crippen molar-refractivity contribution in [1.29, 1.82) is 0 Å². The maximum Gasteiger partial charge on any atom is 0.330 e. The van der Waals surface area contributed by atoms with E-state index in [-0.39, 0.29) is 5.97 Å². The highest BCUT2D eigenvalue weighted by Crippen LogP contribution is 2.26. The average Bonchev–Trinajstić information content (AvgIpc) is 3.36. The maximum absolute atomic E-state index is 11.0. The number of ether oxygens (including phenoxy) is 2. The minimum atomic E-state index is -0.342. The molecule has 0 bridgehead atoms. The van der Waals surface area contributed by atoms with Crippen LogP contribution in [0.3, 0.4) is 0 Å². The summed E-state index contributed by atoms with van der Waals surface area (Å²) in [4.78, 5) is 11.0. The number of hydrogen-bond acceptors (Lipinski definition) is 6. The lowest BCUT2D eigenvalue weighted by molar-refractivity contribution is -0.137. The molecule has 2 aliphatic heterocycles. The van der Waals surface area contributed by atoms with E-state index >= 15 is 0 Å². The second kappa shape index (κ2) is 14.7. The Morgan fingerprint density at radius 2 is 1.72 bits per heavy atom. The van der Waals surface area contributed by atoms with Crippen LogP contribution in [-0.2, 0) is 14.3 Å². The molecule has 2 heterocycles. The molecule has 3 atom stereocenters. The summed E-state index contributed by atoms with van der Waals surface area (Å²) in [5, 5.41) is 7.30. The van der Waals surface area contributed by atoms with Gasteiger partial charge in [0.2, 0.25) is 0 Å². The zero-order chi connectivity index (χ0) is 22.4. The van der Waals surface area contributed by atoms with Crippen molar-refractivity contribution in [3.8, 4) is 23.7 Å². The number of piperidine rings is 1. The lowest BCUT2D eigenvalue weighted by atomic mass is 9.87. The number of rotatable bonds is 8. The van der Waals surface area contributed by atoms with Crippen molar-refractivity contribution in [2.45, 2.75) is 75.3 Å². The number of hydrogen-bond donors (Lipinski definition) is 2. The molecule has 3 aliphatic rings. The fraction of sp³-hybridized carbons (Fsp3) is 0.731. The van der Waals surface area contributed by atoms with E-state index in [1.807, 2.05) is 11.8 Å². The van der Waals surface area contributed by atoms with Gasteiger partial charge in [0.15, 0.2) is 0 Å². The molecular weight excluding hydrogens is 420 g/mol. The van der Waals surface area contributed by atoms with Gasteiger partial charge in [-0.15, -0.1) is 11.8 Å². The fourth-order valence-electron chi connectivity index (χ4n) is 4.27. The third-order valence-electron chi connectivity index (χ3n) is 6.24. The van der Waals surface area contributed by atoms with Crippen LogP contribution in [0.1, 0.15) is 57.8 Å². The van der Waals surface area contributed by atoms with Gasteiger partial charge in [-0.1, -0.05) is 30.3 Å². The van der Waals surface area contributed by atoms with E-state index in [0.29, 0.717) is 36.0 Å². The van der Waals surface area contributed by atoms with E-state index < -0.39 is 0 Å². The van der Waals surface area contributed by atoms with E-state index in [4.69, 9.17) is 9.47 Å². The first-order valence-corrected chi connectivity index (χ1v) is 13.3. The summed E-state index contributed by atoms with van der Waals surface area (Å²) in [6.45, 7) is 6.69. The molecule has 0 radical (unpaired) electrons. The quantitative estimate of drug-likeness (QED) is 0.251. The second-order valence-electron chi connectivity index (χ2n) is 8.79. The number of esters is 1. The van der Waals surface area contributed by atoms with Gasteiger partial charge in [0.05, 0.1) is 18.8 Å². The molecule has 1 aliphatic carbocycles. The predicted octanol–water partition coefficient (Wildman–Crippen LogP) is 3.50. The Hall–Kier alpha value is -1.44. The number of carbonyl (C=O) groups excluding carboxylic acids is 1. The number of carbonyl (C=O) groups is 1. The monoisotopic (exact) mass is 458 g/mol. The fourth-order valence-corrected chi connectivity index (χ4v) is 5.13. The molecule has 0 aromatic rings. The average molecular weight is 459 g/mol. The molecule has 2 N–H and O–H groups in total. The Morgan fingerprint density at radius 3 is 2.44 bits per heavy atom. The van der Waals surface area contributed by atoms with Gasteiger partial charge in [-0.05, 0) is 57.8 Å². The Balaban J connectivity index is 1.21. The molecule has 3 unspecified atom stereocenters. The standard InChI is InChI=1S/C26H38N2O3S/c1-2-26(29)31-18-5-3-4-17-30-24-13-9-21(10-14-24)6-7-22-8-11-23(28-20-22)12-15-25-27-16-19-32-25/h2,21-25,27-28H,1,3-5,8-11,13-14,16-20H2. The van der Waals surface area contributed by atoms with Gasteiger partial charge in [-0.25, -0.2) is 4.79 Å². The van der Waals surface area contributed by atoms with E-state index in [0.717, 1.165) is 77.5 Å². The van der Waals surface area contributed by atoms with E-state index in [1.54, 1.807) is 0 Å². The molecular formula is C26H38N2O3S. The molecule has 176 valence electrons. The van der Waals surface area contributed by atoms with Crippen LogP contribution >= 0.6 is 11.8 Å². The van der Waals surface area contributed by atoms with Crippen LogP contribution in [0, 0.1) is 35.5 Å². The zero-order valence-electron chi connectivity index (χ0n) is 19.2. The summed E-state index contributed by atoms with van der Waals surface area (Å²) >= 11 is 1.90. The van der Waals surface area contributed by atoms with Gasteiger partial charge in [-0.3, -0.25) is 5.32 Å². The first-order chi connectivity index (χ1) is 15.7. The van der Waals surface area contributed by atoms with Gasteiger partial charge in [-0.2, -0.15) is 0 Å². The Bertz CT molecular complexity index is 698. The minimum absolute atomic E-state index is 0.322. The number of thioether (sulfide) groups is 1. The third kappa shape index (κ3) is 9.59. The summed E-state index contributed by atoms with van der Waals surface area (Å²) in [5.74, 6) is 15.7. The van der Waals surface area contributed by atoms with Crippen LogP contribution in [0.2, 0.25) is 0 Å². The highest BCUT2D eigenvalue weighted by atomic mass is 32.2. The first-order valence-electron chi connectivity index (χ1n) is 12.2. The summed E-state index contributed by atoms with van der Waals surface area (Å²) in [5.41, 5.74) is 0. The van der Waals surface area contributed by atoms with Crippen molar-refractivity contribution in [3.05, 3.63) is 12.7 Å². The highest BCUT2D eigenvalue weighted by Gasteiger charge is 2.21. The summed E-state index contributed by atoms with van der Waals surface area (Å²) in [7, 11) is 0. The molecule has 1 saturated carbocycles. The van der Waals surface area contributed by atoms with Gasteiger partial charge >= 0.3 is 5.97 Å². The van der Waals surface area contributed by atoms with Gasteiger partial charge in [0, 0.05) is 43.4 Å². The molecule has 0 aromatic heterocycles.